The lowest BCUT2D eigenvalue weighted by atomic mass is 10.1. The molecule has 0 amide bonds. The summed E-state index contributed by atoms with van der Waals surface area (Å²) in [4.78, 5) is 0. The lowest BCUT2D eigenvalue weighted by Crippen LogP contribution is -2.21. The van der Waals surface area contributed by atoms with Crippen molar-refractivity contribution < 1.29 is 4.74 Å². The zero-order valence-corrected chi connectivity index (χ0v) is 10.4. The predicted molar refractivity (Wildman–Crippen MR) is 65.3 cm³/mol. The lowest BCUT2D eigenvalue weighted by Gasteiger charge is -2.05. The first-order valence-corrected chi connectivity index (χ1v) is 6.10. The molecule has 1 rings (SSSR count). The minimum Gasteiger partial charge on any atom is -0.380 e. The van der Waals surface area contributed by atoms with Gasteiger partial charge in [0.05, 0.1) is 19.3 Å². The average Bonchev–Trinajstić information content (AvgIpc) is 2.72. The van der Waals surface area contributed by atoms with Crippen LogP contribution in [0.2, 0.25) is 0 Å². The second-order valence-electron chi connectivity index (χ2n) is 4.10. The van der Waals surface area contributed by atoms with Crippen LogP contribution in [0.15, 0.2) is 12.4 Å². The predicted octanol–water partition coefficient (Wildman–Crippen LogP) is 1.59. The first kappa shape index (κ1) is 13.2. The molecule has 0 spiro atoms. The topological polar surface area (TPSA) is 53.1 Å². The second-order valence-corrected chi connectivity index (χ2v) is 4.10. The van der Waals surface area contributed by atoms with Crippen molar-refractivity contribution in [2.45, 2.75) is 45.7 Å². The second kappa shape index (κ2) is 7.41. The van der Waals surface area contributed by atoms with Gasteiger partial charge in [-0.1, -0.05) is 13.8 Å². The van der Waals surface area contributed by atoms with Gasteiger partial charge in [0.25, 0.3) is 0 Å². The molecular formula is C12H23N3O. The van der Waals surface area contributed by atoms with Gasteiger partial charge in [-0.05, 0) is 24.8 Å². The third-order valence-corrected chi connectivity index (χ3v) is 2.52. The van der Waals surface area contributed by atoms with E-state index in [9.17, 15) is 0 Å². The molecule has 0 bridgehead atoms. The van der Waals surface area contributed by atoms with E-state index >= 15 is 0 Å². The van der Waals surface area contributed by atoms with E-state index in [-0.39, 0.29) is 6.04 Å². The highest BCUT2D eigenvalue weighted by atomic mass is 16.5. The highest BCUT2D eigenvalue weighted by Gasteiger charge is 2.03. The Labute approximate surface area is 97.8 Å². The molecule has 1 aromatic rings. The first-order chi connectivity index (χ1) is 7.76. The van der Waals surface area contributed by atoms with Crippen LogP contribution in [0.5, 0.6) is 0 Å². The molecule has 0 radical (unpaired) electrons. The van der Waals surface area contributed by atoms with Gasteiger partial charge in [0.2, 0.25) is 0 Å². The van der Waals surface area contributed by atoms with Gasteiger partial charge in [-0.3, -0.25) is 4.68 Å². The molecule has 0 aromatic carbocycles. The number of aromatic nitrogens is 2. The number of rotatable bonds is 8. The number of nitrogens with two attached hydrogens (primary N) is 1. The van der Waals surface area contributed by atoms with Crippen LogP contribution in [0.25, 0.3) is 0 Å². The van der Waals surface area contributed by atoms with Crippen molar-refractivity contribution in [1.82, 2.24) is 9.78 Å². The molecular weight excluding hydrogens is 202 g/mol. The summed E-state index contributed by atoms with van der Waals surface area (Å²) in [5.41, 5.74) is 7.11. The normalized spacial score (nSPS) is 12.9. The molecule has 92 valence electrons. The highest BCUT2D eigenvalue weighted by molar-refractivity contribution is 5.05. The van der Waals surface area contributed by atoms with Crippen LogP contribution in [-0.2, 0) is 17.7 Å². The van der Waals surface area contributed by atoms with Crippen LogP contribution < -0.4 is 5.73 Å². The van der Waals surface area contributed by atoms with Gasteiger partial charge in [-0.15, -0.1) is 0 Å². The van der Waals surface area contributed by atoms with Gasteiger partial charge in [-0.25, -0.2) is 0 Å². The summed E-state index contributed by atoms with van der Waals surface area (Å²) in [6.07, 6.45) is 6.94. The third-order valence-electron chi connectivity index (χ3n) is 2.52. The van der Waals surface area contributed by atoms with E-state index in [1.807, 2.05) is 10.9 Å². The Bertz CT molecular complexity index is 286. The van der Waals surface area contributed by atoms with Crippen molar-refractivity contribution in [3.05, 3.63) is 18.0 Å². The van der Waals surface area contributed by atoms with Crippen molar-refractivity contribution in [1.29, 1.82) is 0 Å². The molecule has 0 saturated heterocycles. The van der Waals surface area contributed by atoms with E-state index in [0.717, 1.165) is 39.0 Å². The van der Waals surface area contributed by atoms with Crippen LogP contribution in [-0.4, -0.2) is 29.0 Å². The molecule has 4 heteroatoms. The molecule has 1 unspecified atom stereocenters. The molecule has 0 aliphatic heterocycles. The largest absolute Gasteiger partial charge is 0.380 e. The van der Waals surface area contributed by atoms with Crippen LogP contribution in [0, 0.1) is 0 Å². The van der Waals surface area contributed by atoms with Crippen LogP contribution in [0.1, 0.15) is 32.3 Å². The van der Waals surface area contributed by atoms with Crippen molar-refractivity contribution in [2.24, 2.45) is 5.73 Å². The summed E-state index contributed by atoms with van der Waals surface area (Å²) in [5.74, 6) is 0. The molecule has 0 aliphatic rings. The average molecular weight is 225 g/mol. The summed E-state index contributed by atoms with van der Waals surface area (Å²) < 4.78 is 7.34. The monoisotopic (exact) mass is 225 g/mol. The quantitative estimate of drug-likeness (QED) is 0.684. The fourth-order valence-corrected chi connectivity index (χ4v) is 1.49. The fraction of sp³-hybridized carbons (Fsp3) is 0.750. The zero-order valence-electron chi connectivity index (χ0n) is 10.4. The Hall–Kier alpha value is -0.870. The third kappa shape index (κ3) is 4.77. The van der Waals surface area contributed by atoms with E-state index < -0.39 is 0 Å². The van der Waals surface area contributed by atoms with Gasteiger partial charge in [0.15, 0.2) is 0 Å². The van der Waals surface area contributed by atoms with Gasteiger partial charge < -0.3 is 10.5 Å². The minimum absolute atomic E-state index is 0.244. The van der Waals surface area contributed by atoms with E-state index in [4.69, 9.17) is 10.5 Å². The molecule has 0 fully saturated rings. The van der Waals surface area contributed by atoms with E-state index in [1.54, 1.807) is 0 Å². The summed E-state index contributed by atoms with van der Waals surface area (Å²) >= 11 is 0. The number of nitrogens with zero attached hydrogens (tertiary/aromatic N) is 2. The molecule has 1 aromatic heterocycles. The van der Waals surface area contributed by atoms with Gasteiger partial charge >= 0.3 is 0 Å². The Morgan fingerprint density at radius 2 is 2.25 bits per heavy atom. The van der Waals surface area contributed by atoms with Gasteiger partial charge in [-0.2, -0.15) is 5.10 Å². The Balaban J connectivity index is 2.28. The smallest absolute Gasteiger partial charge is 0.0662 e. The Morgan fingerprint density at radius 1 is 1.44 bits per heavy atom. The van der Waals surface area contributed by atoms with Crippen LogP contribution >= 0.6 is 0 Å². The lowest BCUT2D eigenvalue weighted by molar-refractivity contribution is 0.124. The summed E-state index contributed by atoms with van der Waals surface area (Å²) in [6.45, 7) is 6.59. The Morgan fingerprint density at radius 3 is 2.94 bits per heavy atom. The Kier molecular flexibility index (Phi) is 6.11. The van der Waals surface area contributed by atoms with Gasteiger partial charge in [0.1, 0.15) is 0 Å². The summed E-state index contributed by atoms with van der Waals surface area (Å²) in [5, 5.41) is 4.28. The van der Waals surface area contributed by atoms with Crippen molar-refractivity contribution in [3.8, 4) is 0 Å². The highest BCUT2D eigenvalue weighted by Crippen LogP contribution is 2.03. The van der Waals surface area contributed by atoms with Crippen molar-refractivity contribution in [3.63, 3.8) is 0 Å². The molecule has 4 nitrogen and oxygen atoms in total. The minimum atomic E-state index is 0.244. The number of hydrogen-bond acceptors (Lipinski definition) is 3. The molecule has 0 aliphatic carbocycles. The summed E-state index contributed by atoms with van der Waals surface area (Å²) in [7, 11) is 0. The standard InChI is InChI=1S/C12H23N3O/c1-3-6-16-7-5-15-10-11(9-14-15)8-12(13)4-2/h9-10,12H,3-8,13H2,1-2H3. The van der Waals surface area contributed by atoms with Crippen molar-refractivity contribution in [2.75, 3.05) is 13.2 Å². The maximum atomic E-state index is 5.89. The first-order valence-electron chi connectivity index (χ1n) is 6.10. The van der Waals surface area contributed by atoms with E-state index in [0.29, 0.717) is 0 Å². The van der Waals surface area contributed by atoms with Crippen LogP contribution in [0.3, 0.4) is 0 Å². The maximum Gasteiger partial charge on any atom is 0.0662 e. The molecule has 2 N–H and O–H groups in total. The van der Waals surface area contributed by atoms with E-state index in [1.165, 1.54) is 5.56 Å². The maximum absolute atomic E-state index is 5.89. The van der Waals surface area contributed by atoms with Crippen LogP contribution in [0.4, 0.5) is 0 Å². The number of ether oxygens (including phenoxy) is 1. The van der Waals surface area contributed by atoms with Crippen molar-refractivity contribution >= 4 is 0 Å². The number of hydrogen-bond donors (Lipinski definition) is 1. The SMILES string of the molecule is CCCOCCn1cc(CC(N)CC)cn1. The summed E-state index contributed by atoms with van der Waals surface area (Å²) in [6, 6.07) is 0.244. The van der Waals surface area contributed by atoms with E-state index in [2.05, 4.69) is 25.1 Å². The molecule has 16 heavy (non-hydrogen) atoms. The van der Waals surface area contributed by atoms with Gasteiger partial charge in [0, 0.05) is 18.8 Å². The fourth-order valence-electron chi connectivity index (χ4n) is 1.49. The molecule has 0 saturated carbocycles. The molecule has 1 heterocycles. The zero-order chi connectivity index (χ0) is 11.8. The molecule has 1 atom stereocenters.